The number of carbonyl (C=O) groups excluding carboxylic acids is 1. The van der Waals surface area contributed by atoms with Crippen LogP contribution in [0.3, 0.4) is 0 Å². The van der Waals surface area contributed by atoms with Crippen LogP contribution in [-0.2, 0) is 9.53 Å². The van der Waals surface area contributed by atoms with E-state index < -0.39 is 0 Å². The number of hydrogen-bond acceptors (Lipinski definition) is 3. The Balaban J connectivity index is 1.69. The van der Waals surface area contributed by atoms with Crippen molar-refractivity contribution in [1.82, 2.24) is 5.32 Å². The van der Waals surface area contributed by atoms with Gasteiger partial charge in [0, 0.05) is 19.2 Å². The molecular weight excluding hydrogens is 228 g/mol. The molecule has 0 radical (unpaired) electrons. The van der Waals surface area contributed by atoms with E-state index in [-0.39, 0.29) is 17.9 Å². The van der Waals surface area contributed by atoms with E-state index in [1.807, 2.05) is 0 Å². The molecule has 4 heteroatoms. The Hall–Kier alpha value is -0.610. The smallest absolute Gasteiger partial charge is 0.224 e. The minimum Gasteiger partial charge on any atom is -0.378 e. The van der Waals surface area contributed by atoms with E-state index in [4.69, 9.17) is 10.5 Å². The predicted octanol–water partition coefficient (Wildman–Crippen LogP) is 1.58. The molecule has 1 heterocycles. The predicted molar refractivity (Wildman–Crippen MR) is 71.2 cm³/mol. The van der Waals surface area contributed by atoms with Gasteiger partial charge in [0.15, 0.2) is 0 Å². The van der Waals surface area contributed by atoms with Crippen LogP contribution in [0.1, 0.15) is 51.4 Å². The van der Waals surface area contributed by atoms with Crippen LogP contribution in [0.2, 0.25) is 0 Å². The molecule has 104 valence electrons. The van der Waals surface area contributed by atoms with Crippen LogP contribution in [-0.4, -0.2) is 31.2 Å². The number of hydrogen-bond donors (Lipinski definition) is 2. The van der Waals surface area contributed by atoms with E-state index >= 15 is 0 Å². The zero-order valence-electron chi connectivity index (χ0n) is 11.2. The van der Waals surface area contributed by atoms with Crippen molar-refractivity contribution in [3.8, 4) is 0 Å². The van der Waals surface area contributed by atoms with Gasteiger partial charge < -0.3 is 15.8 Å². The highest BCUT2D eigenvalue weighted by Gasteiger charge is 2.26. The van der Waals surface area contributed by atoms with Crippen molar-refractivity contribution in [3.63, 3.8) is 0 Å². The molecule has 3 N–H and O–H groups in total. The van der Waals surface area contributed by atoms with Crippen LogP contribution >= 0.6 is 0 Å². The van der Waals surface area contributed by atoms with Gasteiger partial charge in [-0.2, -0.15) is 0 Å². The van der Waals surface area contributed by atoms with Crippen LogP contribution in [0, 0.1) is 5.92 Å². The summed E-state index contributed by atoms with van der Waals surface area (Å²) in [5, 5.41) is 3.04. The van der Waals surface area contributed by atoms with E-state index in [2.05, 4.69) is 5.32 Å². The summed E-state index contributed by atoms with van der Waals surface area (Å²) in [6.45, 7) is 1.61. The SMILES string of the molecule is NC1CCCCCC1C(=O)NCCC1CCCO1. The molecule has 2 aliphatic rings. The van der Waals surface area contributed by atoms with Gasteiger partial charge in [-0.3, -0.25) is 4.79 Å². The summed E-state index contributed by atoms with van der Waals surface area (Å²) in [5.41, 5.74) is 6.09. The molecule has 0 spiro atoms. The average Bonchev–Trinajstić information content (AvgIpc) is 2.77. The van der Waals surface area contributed by atoms with Gasteiger partial charge in [-0.25, -0.2) is 0 Å². The summed E-state index contributed by atoms with van der Waals surface area (Å²) in [5.74, 6) is 0.180. The monoisotopic (exact) mass is 254 g/mol. The first-order valence-corrected chi connectivity index (χ1v) is 7.42. The van der Waals surface area contributed by atoms with E-state index in [1.165, 1.54) is 12.8 Å². The largest absolute Gasteiger partial charge is 0.378 e. The molecule has 0 bridgehead atoms. The maximum atomic E-state index is 12.1. The van der Waals surface area contributed by atoms with Gasteiger partial charge >= 0.3 is 0 Å². The first-order chi connectivity index (χ1) is 8.77. The van der Waals surface area contributed by atoms with E-state index in [1.54, 1.807) is 0 Å². The molecule has 1 saturated carbocycles. The zero-order valence-corrected chi connectivity index (χ0v) is 11.2. The highest BCUT2D eigenvalue weighted by molar-refractivity contribution is 5.79. The van der Waals surface area contributed by atoms with E-state index in [0.717, 1.165) is 51.7 Å². The third-order valence-electron chi connectivity index (χ3n) is 4.20. The number of nitrogens with one attached hydrogen (secondary N) is 1. The molecule has 3 atom stereocenters. The molecule has 3 unspecified atom stereocenters. The molecule has 2 fully saturated rings. The molecule has 0 aromatic rings. The lowest BCUT2D eigenvalue weighted by atomic mass is 9.94. The lowest BCUT2D eigenvalue weighted by molar-refractivity contribution is -0.125. The molecule has 0 aromatic carbocycles. The summed E-state index contributed by atoms with van der Waals surface area (Å²) in [7, 11) is 0. The third kappa shape index (κ3) is 3.95. The quantitative estimate of drug-likeness (QED) is 0.749. The van der Waals surface area contributed by atoms with Crippen molar-refractivity contribution in [2.24, 2.45) is 11.7 Å². The van der Waals surface area contributed by atoms with Gasteiger partial charge in [0.2, 0.25) is 5.91 Å². The third-order valence-corrected chi connectivity index (χ3v) is 4.20. The molecule has 1 saturated heterocycles. The van der Waals surface area contributed by atoms with Crippen LogP contribution in [0.25, 0.3) is 0 Å². The van der Waals surface area contributed by atoms with Crippen LogP contribution < -0.4 is 11.1 Å². The van der Waals surface area contributed by atoms with Gasteiger partial charge in [0.25, 0.3) is 0 Å². The Bertz CT molecular complexity index is 265. The fourth-order valence-corrected chi connectivity index (χ4v) is 3.02. The molecule has 1 aliphatic carbocycles. The number of nitrogens with two attached hydrogens (primary N) is 1. The first kappa shape index (κ1) is 13.8. The van der Waals surface area contributed by atoms with Crippen LogP contribution in [0.5, 0.6) is 0 Å². The number of carbonyl (C=O) groups is 1. The van der Waals surface area contributed by atoms with Crippen molar-refractivity contribution in [2.45, 2.75) is 63.5 Å². The molecule has 4 nitrogen and oxygen atoms in total. The summed E-state index contributed by atoms with van der Waals surface area (Å²) in [6.07, 6.45) is 9.05. The lowest BCUT2D eigenvalue weighted by Gasteiger charge is -2.21. The summed E-state index contributed by atoms with van der Waals surface area (Å²) < 4.78 is 5.55. The first-order valence-electron chi connectivity index (χ1n) is 7.42. The van der Waals surface area contributed by atoms with Crippen molar-refractivity contribution >= 4 is 5.91 Å². The van der Waals surface area contributed by atoms with Crippen LogP contribution in [0.15, 0.2) is 0 Å². The maximum Gasteiger partial charge on any atom is 0.224 e. The second-order valence-electron chi connectivity index (χ2n) is 5.62. The fraction of sp³-hybridized carbons (Fsp3) is 0.929. The second-order valence-corrected chi connectivity index (χ2v) is 5.62. The summed E-state index contributed by atoms with van der Waals surface area (Å²) in [4.78, 5) is 12.1. The van der Waals surface area contributed by atoms with E-state index in [9.17, 15) is 4.79 Å². The minimum absolute atomic E-state index is 0.0250. The molecule has 1 aliphatic heterocycles. The normalized spacial score (nSPS) is 33.1. The fourth-order valence-electron chi connectivity index (χ4n) is 3.02. The molecule has 1 amide bonds. The highest BCUT2D eigenvalue weighted by Crippen LogP contribution is 2.22. The van der Waals surface area contributed by atoms with Gasteiger partial charge in [0.05, 0.1) is 12.0 Å². The summed E-state index contributed by atoms with van der Waals surface area (Å²) in [6, 6.07) is 0.0511. The Labute approximate surface area is 110 Å². The number of ether oxygens (including phenoxy) is 1. The Morgan fingerprint density at radius 2 is 2.00 bits per heavy atom. The van der Waals surface area contributed by atoms with E-state index in [0.29, 0.717) is 6.10 Å². The Morgan fingerprint density at radius 1 is 1.17 bits per heavy atom. The zero-order chi connectivity index (χ0) is 12.8. The standard InChI is InChI=1S/C14H26N2O2/c15-13-7-3-1-2-6-12(13)14(17)16-9-8-11-5-4-10-18-11/h11-13H,1-10,15H2,(H,16,17). The molecule has 2 rings (SSSR count). The minimum atomic E-state index is 0.0250. The van der Waals surface area contributed by atoms with Crippen LogP contribution in [0.4, 0.5) is 0 Å². The number of amides is 1. The van der Waals surface area contributed by atoms with Gasteiger partial charge in [-0.05, 0) is 32.1 Å². The van der Waals surface area contributed by atoms with Gasteiger partial charge in [-0.1, -0.05) is 19.3 Å². The van der Waals surface area contributed by atoms with Crippen molar-refractivity contribution < 1.29 is 9.53 Å². The second kappa shape index (κ2) is 7.10. The Morgan fingerprint density at radius 3 is 2.78 bits per heavy atom. The van der Waals surface area contributed by atoms with Crippen molar-refractivity contribution in [1.29, 1.82) is 0 Å². The topological polar surface area (TPSA) is 64.4 Å². The van der Waals surface area contributed by atoms with Gasteiger partial charge in [-0.15, -0.1) is 0 Å². The summed E-state index contributed by atoms with van der Waals surface area (Å²) >= 11 is 0. The maximum absolute atomic E-state index is 12.1. The molecule has 0 aromatic heterocycles. The lowest BCUT2D eigenvalue weighted by Crippen LogP contribution is -2.42. The highest BCUT2D eigenvalue weighted by atomic mass is 16.5. The molecule has 18 heavy (non-hydrogen) atoms. The van der Waals surface area contributed by atoms with Crippen molar-refractivity contribution in [2.75, 3.05) is 13.2 Å². The van der Waals surface area contributed by atoms with Gasteiger partial charge in [0.1, 0.15) is 0 Å². The average molecular weight is 254 g/mol. The van der Waals surface area contributed by atoms with Crippen molar-refractivity contribution in [3.05, 3.63) is 0 Å². The number of rotatable bonds is 4. The molecular formula is C14H26N2O2. The Kier molecular flexibility index (Phi) is 5.45.